The van der Waals surface area contributed by atoms with E-state index in [0.717, 1.165) is 6.42 Å². The van der Waals surface area contributed by atoms with Crippen molar-refractivity contribution in [3.63, 3.8) is 0 Å². The number of ether oxygens (including phenoxy) is 1. The molecule has 0 spiro atoms. The summed E-state index contributed by atoms with van der Waals surface area (Å²) in [5.74, 6) is -0.372. The van der Waals surface area contributed by atoms with E-state index < -0.39 is 5.97 Å². The molecule has 1 atom stereocenters. The van der Waals surface area contributed by atoms with Gasteiger partial charge in [-0.25, -0.2) is 4.79 Å². The minimum absolute atomic E-state index is 0.0454. The van der Waals surface area contributed by atoms with E-state index in [9.17, 15) is 9.59 Å². The highest BCUT2D eigenvalue weighted by Crippen LogP contribution is 2.21. The summed E-state index contributed by atoms with van der Waals surface area (Å²) in [5, 5.41) is 0. The summed E-state index contributed by atoms with van der Waals surface area (Å²) in [6, 6.07) is 0. The Morgan fingerprint density at radius 3 is 2.88 bits per heavy atom. The van der Waals surface area contributed by atoms with Gasteiger partial charge in [0, 0.05) is 18.0 Å². The summed E-state index contributed by atoms with van der Waals surface area (Å²) in [6.07, 6.45) is 2.92. The molecular formula is C12H17NO3. The Bertz CT molecular complexity index is 322. The molecular weight excluding hydrogens is 206 g/mol. The lowest BCUT2D eigenvalue weighted by Crippen LogP contribution is -2.22. The molecule has 1 unspecified atom stereocenters. The second-order valence-corrected chi connectivity index (χ2v) is 3.90. The Hall–Kier alpha value is -1.58. The smallest absolute Gasteiger partial charge is 0.333 e. The van der Waals surface area contributed by atoms with Crippen molar-refractivity contribution in [2.24, 2.45) is 5.92 Å². The van der Waals surface area contributed by atoms with Gasteiger partial charge < -0.3 is 9.64 Å². The van der Waals surface area contributed by atoms with Crippen LogP contribution in [0.2, 0.25) is 0 Å². The van der Waals surface area contributed by atoms with Gasteiger partial charge in [-0.15, -0.1) is 0 Å². The standard InChI is InChI=1S/C12H17NO3/c1-4-13-7-5-10(11(13)14)6-8-16-12(15)9(2)3/h4,10H,1-2,5-8H2,3H3. The van der Waals surface area contributed by atoms with Crippen molar-refractivity contribution in [3.05, 3.63) is 24.9 Å². The van der Waals surface area contributed by atoms with Crippen LogP contribution in [0, 0.1) is 5.92 Å². The van der Waals surface area contributed by atoms with Crippen LogP contribution < -0.4 is 0 Å². The quantitative estimate of drug-likeness (QED) is 0.524. The molecule has 0 aromatic carbocycles. The van der Waals surface area contributed by atoms with Crippen molar-refractivity contribution in [1.82, 2.24) is 4.90 Å². The molecule has 4 heteroatoms. The van der Waals surface area contributed by atoms with Crippen LogP contribution in [0.15, 0.2) is 24.9 Å². The number of esters is 1. The third kappa shape index (κ3) is 2.95. The SMILES string of the molecule is C=CN1CCC(CCOC(=O)C(=C)C)C1=O. The van der Waals surface area contributed by atoms with E-state index in [-0.39, 0.29) is 18.4 Å². The van der Waals surface area contributed by atoms with Crippen molar-refractivity contribution in [2.75, 3.05) is 13.2 Å². The summed E-state index contributed by atoms with van der Waals surface area (Å²) in [4.78, 5) is 24.3. The number of likely N-dealkylation sites (tertiary alicyclic amines) is 1. The molecule has 1 rings (SSSR count). The van der Waals surface area contributed by atoms with Crippen molar-refractivity contribution in [2.45, 2.75) is 19.8 Å². The highest BCUT2D eigenvalue weighted by Gasteiger charge is 2.29. The molecule has 1 fully saturated rings. The van der Waals surface area contributed by atoms with Gasteiger partial charge in [-0.1, -0.05) is 13.2 Å². The molecule has 0 aromatic rings. The Balaban J connectivity index is 2.29. The van der Waals surface area contributed by atoms with Crippen LogP contribution in [-0.2, 0) is 14.3 Å². The second kappa shape index (κ2) is 5.49. The van der Waals surface area contributed by atoms with E-state index in [1.807, 2.05) is 0 Å². The molecule has 1 heterocycles. The van der Waals surface area contributed by atoms with Gasteiger partial charge in [0.1, 0.15) is 0 Å². The fourth-order valence-corrected chi connectivity index (χ4v) is 1.63. The predicted molar refractivity (Wildman–Crippen MR) is 60.4 cm³/mol. The Labute approximate surface area is 95.6 Å². The number of carbonyl (C=O) groups is 2. The monoisotopic (exact) mass is 223 g/mol. The molecule has 1 aliphatic rings. The molecule has 1 saturated heterocycles. The van der Waals surface area contributed by atoms with Gasteiger partial charge in [-0.05, 0) is 26.0 Å². The number of hydrogen-bond acceptors (Lipinski definition) is 3. The van der Waals surface area contributed by atoms with Gasteiger partial charge in [0.05, 0.1) is 6.61 Å². The largest absolute Gasteiger partial charge is 0.462 e. The molecule has 0 aliphatic carbocycles. The maximum absolute atomic E-state index is 11.6. The zero-order chi connectivity index (χ0) is 12.1. The van der Waals surface area contributed by atoms with Crippen LogP contribution in [0.3, 0.4) is 0 Å². The third-order valence-corrected chi connectivity index (χ3v) is 2.62. The highest BCUT2D eigenvalue weighted by atomic mass is 16.5. The van der Waals surface area contributed by atoms with Gasteiger partial charge >= 0.3 is 5.97 Å². The molecule has 0 bridgehead atoms. The lowest BCUT2D eigenvalue weighted by Gasteiger charge is -2.11. The molecule has 0 radical (unpaired) electrons. The fraction of sp³-hybridized carbons (Fsp3) is 0.500. The van der Waals surface area contributed by atoms with Crippen molar-refractivity contribution in [1.29, 1.82) is 0 Å². The first-order valence-electron chi connectivity index (χ1n) is 5.32. The molecule has 1 aliphatic heterocycles. The normalized spacial score (nSPS) is 19.7. The van der Waals surface area contributed by atoms with Crippen LogP contribution in [0.1, 0.15) is 19.8 Å². The molecule has 0 saturated carbocycles. The third-order valence-electron chi connectivity index (χ3n) is 2.62. The fourth-order valence-electron chi connectivity index (χ4n) is 1.63. The Kier molecular flexibility index (Phi) is 4.28. The van der Waals surface area contributed by atoms with Crippen molar-refractivity contribution >= 4 is 11.9 Å². The molecule has 88 valence electrons. The molecule has 4 nitrogen and oxygen atoms in total. The summed E-state index contributed by atoms with van der Waals surface area (Å²) in [7, 11) is 0. The van der Waals surface area contributed by atoms with E-state index in [1.165, 1.54) is 0 Å². The lowest BCUT2D eigenvalue weighted by molar-refractivity contribution is -0.140. The molecule has 1 amide bonds. The number of nitrogens with zero attached hydrogens (tertiary/aromatic N) is 1. The first kappa shape index (κ1) is 12.5. The molecule has 0 N–H and O–H groups in total. The number of amides is 1. The molecule has 0 aromatic heterocycles. The van der Waals surface area contributed by atoms with Gasteiger partial charge in [-0.3, -0.25) is 4.79 Å². The van der Waals surface area contributed by atoms with E-state index >= 15 is 0 Å². The van der Waals surface area contributed by atoms with E-state index in [2.05, 4.69) is 13.2 Å². The minimum atomic E-state index is -0.397. The first-order chi connectivity index (χ1) is 7.56. The van der Waals surface area contributed by atoms with Crippen LogP contribution in [0.5, 0.6) is 0 Å². The average Bonchev–Trinajstić information content (AvgIpc) is 2.59. The van der Waals surface area contributed by atoms with Gasteiger partial charge in [0.2, 0.25) is 5.91 Å². The number of hydrogen-bond donors (Lipinski definition) is 0. The van der Waals surface area contributed by atoms with E-state index in [4.69, 9.17) is 4.74 Å². The van der Waals surface area contributed by atoms with E-state index in [0.29, 0.717) is 18.5 Å². The Morgan fingerprint density at radius 1 is 1.69 bits per heavy atom. The van der Waals surface area contributed by atoms with Gasteiger partial charge in [0.15, 0.2) is 0 Å². The van der Waals surface area contributed by atoms with Crippen LogP contribution >= 0.6 is 0 Å². The summed E-state index contributed by atoms with van der Waals surface area (Å²) < 4.78 is 4.95. The number of rotatable bonds is 5. The van der Waals surface area contributed by atoms with Crippen LogP contribution in [0.25, 0.3) is 0 Å². The van der Waals surface area contributed by atoms with Gasteiger partial charge in [-0.2, -0.15) is 0 Å². The summed E-state index contributed by atoms with van der Waals surface area (Å²) in [6.45, 7) is 9.63. The highest BCUT2D eigenvalue weighted by molar-refractivity contribution is 5.87. The maximum atomic E-state index is 11.6. The van der Waals surface area contributed by atoms with Crippen molar-refractivity contribution in [3.8, 4) is 0 Å². The predicted octanol–water partition coefficient (Wildman–Crippen LogP) is 1.49. The minimum Gasteiger partial charge on any atom is -0.462 e. The Morgan fingerprint density at radius 2 is 2.38 bits per heavy atom. The van der Waals surface area contributed by atoms with E-state index in [1.54, 1.807) is 18.0 Å². The first-order valence-corrected chi connectivity index (χ1v) is 5.32. The zero-order valence-electron chi connectivity index (χ0n) is 9.57. The lowest BCUT2D eigenvalue weighted by atomic mass is 10.1. The van der Waals surface area contributed by atoms with Gasteiger partial charge in [0.25, 0.3) is 0 Å². The summed E-state index contributed by atoms with van der Waals surface area (Å²) >= 11 is 0. The zero-order valence-corrected chi connectivity index (χ0v) is 9.57. The topological polar surface area (TPSA) is 46.6 Å². The molecule has 16 heavy (non-hydrogen) atoms. The summed E-state index contributed by atoms with van der Waals surface area (Å²) in [5.41, 5.74) is 0.380. The van der Waals surface area contributed by atoms with Crippen molar-refractivity contribution < 1.29 is 14.3 Å². The average molecular weight is 223 g/mol. The second-order valence-electron chi connectivity index (χ2n) is 3.90. The van der Waals surface area contributed by atoms with Crippen LogP contribution in [0.4, 0.5) is 0 Å². The maximum Gasteiger partial charge on any atom is 0.333 e. The van der Waals surface area contributed by atoms with Crippen LogP contribution in [-0.4, -0.2) is 29.9 Å². The number of carbonyl (C=O) groups excluding carboxylic acids is 2.